The van der Waals surface area contributed by atoms with Gasteiger partial charge in [0.05, 0.1) is 18.4 Å². The number of imidazole rings is 1. The van der Waals surface area contributed by atoms with Crippen LogP contribution in [0.5, 0.6) is 5.88 Å². The third-order valence-corrected chi connectivity index (χ3v) is 5.56. The quantitative estimate of drug-likeness (QED) is 0.756. The molecule has 1 saturated carbocycles. The summed E-state index contributed by atoms with van der Waals surface area (Å²) in [5, 5.41) is 9.64. The highest BCUT2D eigenvalue weighted by Crippen LogP contribution is 2.36. The molecule has 0 atom stereocenters. The van der Waals surface area contributed by atoms with Crippen molar-refractivity contribution in [3.63, 3.8) is 0 Å². The molecule has 142 valence electrons. The highest BCUT2D eigenvalue weighted by Gasteiger charge is 2.38. The Kier molecular flexibility index (Phi) is 3.65. The van der Waals surface area contributed by atoms with Crippen LogP contribution in [0.1, 0.15) is 34.5 Å². The summed E-state index contributed by atoms with van der Waals surface area (Å²) in [6.45, 7) is 0.987. The van der Waals surface area contributed by atoms with Crippen molar-refractivity contribution in [2.75, 3.05) is 0 Å². The fourth-order valence-electron chi connectivity index (χ4n) is 3.75. The van der Waals surface area contributed by atoms with Crippen molar-refractivity contribution in [3.8, 4) is 17.0 Å². The van der Waals surface area contributed by atoms with Crippen LogP contribution >= 0.6 is 0 Å². The van der Waals surface area contributed by atoms with E-state index in [1.807, 2.05) is 29.2 Å². The molecule has 0 saturated heterocycles. The fourth-order valence-corrected chi connectivity index (χ4v) is 3.75. The molecule has 2 aliphatic rings. The van der Waals surface area contributed by atoms with Crippen molar-refractivity contribution in [3.05, 3.63) is 70.0 Å². The first-order chi connectivity index (χ1) is 13.5. The van der Waals surface area contributed by atoms with Crippen LogP contribution in [0.25, 0.3) is 11.1 Å². The Hall–Kier alpha value is -3.35. The Bertz CT molecular complexity index is 1140. The molecule has 0 radical (unpaired) electrons. The Morgan fingerprint density at radius 2 is 1.93 bits per heavy atom. The van der Waals surface area contributed by atoms with E-state index >= 15 is 0 Å². The van der Waals surface area contributed by atoms with Crippen LogP contribution in [0.3, 0.4) is 0 Å². The van der Waals surface area contributed by atoms with Gasteiger partial charge in [-0.1, -0.05) is 12.1 Å². The Morgan fingerprint density at radius 3 is 2.57 bits per heavy atom. The lowest BCUT2D eigenvalue weighted by Gasteiger charge is -2.13. The van der Waals surface area contributed by atoms with Crippen LogP contribution in [0.4, 0.5) is 0 Å². The molecule has 2 aromatic heterocycles. The van der Waals surface area contributed by atoms with Gasteiger partial charge in [0, 0.05) is 37.0 Å². The highest BCUT2D eigenvalue weighted by atomic mass is 16.3. The monoisotopic (exact) mass is 376 g/mol. The molecular formula is C21H20N4O3. The minimum Gasteiger partial charge on any atom is -0.493 e. The third kappa shape index (κ3) is 2.70. The second-order valence-corrected chi connectivity index (χ2v) is 7.53. The van der Waals surface area contributed by atoms with Crippen molar-refractivity contribution >= 4 is 5.91 Å². The van der Waals surface area contributed by atoms with E-state index in [9.17, 15) is 14.7 Å². The Balaban J connectivity index is 1.38. The number of hydrogen-bond acceptors (Lipinski definition) is 4. The van der Waals surface area contributed by atoms with E-state index in [-0.39, 0.29) is 17.5 Å². The van der Waals surface area contributed by atoms with Gasteiger partial charge in [0.2, 0.25) is 5.88 Å². The SMILES string of the molecule is Cn1c(O)cn(Cc2ccc(-c3ccc4c(c3)CN(C3CC3)C4=O)cn2)c1=O. The Morgan fingerprint density at radius 1 is 1.14 bits per heavy atom. The smallest absolute Gasteiger partial charge is 0.331 e. The number of aromatic hydroxyl groups is 1. The molecule has 28 heavy (non-hydrogen) atoms. The molecule has 1 aliphatic carbocycles. The van der Waals surface area contributed by atoms with Gasteiger partial charge < -0.3 is 10.0 Å². The first-order valence-electron chi connectivity index (χ1n) is 9.35. The van der Waals surface area contributed by atoms with Gasteiger partial charge >= 0.3 is 5.69 Å². The van der Waals surface area contributed by atoms with Crippen molar-refractivity contribution in [2.24, 2.45) is 7.05 Å². The van der Waals surface area contributed by atoms with Gasteiger partial charge in [-0.3, -0.25) is 18.9 Å². The molecule has 3 aromatic rings. The van der Waals surface area contributed by atoms with E-state index in [0.29, 0.717) is 19.1 Å². The van der Waals surface area contributed by atoms with Crippen LogP contribution in [-0.2, 0) is 20.1 Å². The zero-order chi connectivity index (χ0) is 19.4. The molecule has 0 spiro atoms. The van der Waals surface area contributed by atoms with Crippen LogP contribution in [0.2, 0.25) is 0 Å². The zero-order valence-corrected chi connectivity index (χ0v) is 15.5. The number of rotatable bonds is 4. The average molecular weight is 376 g/mol. The largest absolute Gasteiger partial charge is 0.493 e. The van der Waals surface area contributed by atoms with Crippen LogP contribution in [0.15, 0.2) is 47.5 Å². The number of fused-ring (bicyclic) bond motifs is 1. The summed E-state index contributed by atoms with van der Waals surface area (Å²) < 4.78 is 2.61. The zero-order valence-electron chi connectivity index (χ0n) is 15.5. The minimum absolute atomic E-state index is 0.0745. The molecule has 1 aromatic carbocycles. The van der Waals surface area contributed by atoms with Gasteiger partial charge in [-0.25, -0.2) is 4.79 Å². The van der Waals surface area contributed by atoms with Crippen molar-refractivity contribution in [1.29, 1.82) is 0 Å². The molecule has 1 amide bonds. The second kappa shape index (κ2) is 6.09. The number of carbonyl (C=O) groups excluding carboxylic acids is 1. The van der Waals surface area contributed by atoms with Crippen molar-refractivity contribution in [2.45, 2.75) is 32.0 Å². The summed E-state index contributed by atoms with van der Waals surface area (Å²) in [7, 11) is 1.52. The molecule has 1 fully saturated rings. The summed E-state index contributed by atoms with van der Waals surface area (Å²) in [6.07, 6.45) is 5.40. The van der Waals surface area contributed by atoms with Gasteiger partial charge in [-0.2, -0.15) is 0 Å². The van der Waals surface area contributed by atoms with Gasteiger partial charge in [0.15, 0.2) is 0 Å². The molecule has 0 unspecified atom stereocenters. The molecule has 1 N–H and O–H groups in total. The lowest BCUT2D eigenvalue weighted by Crippen LogP contribution is -2.25. The summed E-state index contributed by atoms with van der Waals surface area (Å²) in [5.74, 6) is 0.0728. The fraction of sp³-hybridized carbons (Fsp3) is 0.286. The van der Waals surface area contributed by atoms with Crippen molar-refractivity contribution in [1.82, 2.24) is 19.0 Å². The molecule has 0 bridgehead atoms. The van der Waals surface area contributed by atoms with E-state index in [1.165, 1.54) is 22.4 Å². The summed E-state index contributed by atoms with van der Waals surface area (Å²) in [5.41, 5.74) is 4.32. The van der Waals surface area contributed by atoms with E-state index in [1.54, 1.807) is 6.20 Å². The topological polar surface area (TPSA) is 80.4 Å². The number of benzene rings is 1. The molecule has 3 heterocycles. The maximum atomic E-state index is 12.5. The normalized spacial score (nSPS) is 15.9. The number of pyridine rings is 1. The van der Waals surface area contributed by atoms with Crippen LogP contribution < -0.4 is 5.69 Å². The number of carbonyl (C=O) groups is 1. The predicted octanol–water partition coefficient (Wildman–Crippen LogP) is 2.12. The number of hydrogen-bond donors (Lipinski definition) is 1. The van der Waals surface area contributed by atoms with E-state index < -0.39 is 0 Å². The van der Waals surface area contributed by atoms with Gasteiger partial charge in [0.1, 0.15) is 0 Å². The summed E-state index contributed by atoms with van der Waals surface area (Å²) in [4.78, 5) is 30.9. The number of aromatic nitrogens is 3. The van der Waals surface area contributed by atoms with Crippen LogP contribution in [-0.4, -0.2) is 36.1 Å². The summed E-state index contributed by atoms with van der Waals surface area (Å²) in [6, 6.07) is 10.2. The predicted molar refractivity (Wildman–Crippen MR) is 103 cm³/mol. The number of nitrogens with zero attached hydrogens (tertiary/aromatic N) is 4. The first kappa shape index (κ1) is 16.8. The maximum Gasteiger partial charge on any atom is 0.331 e. The Labute approximate surface area is 161 Å². The van der Waals surface area contributed by atoms with E-state index in [4.69, 9.17) is 0 Å². The molecular weight excluding hydrogens is 356 g/mol. The molecule has 7 nitrogen and oxygen atoms in total. The third-order valence-electron chi connectivity index (χ3n) is 5.56. The highest BCUT2D eigenvalue weighted by molar-refractivity contribution is 5.99. The van der Waals surface area contributed by atoms with Crippen molar-refractivity contribution < 1.29 is 9.90 Å². The van der Waals surface area contributed by atoms with Gasteiger partial charge in [-0.15, -0.1) is 0 Å². The molecule has 5 rings (SSSR count). The maximum absolute atomic E-state index is 12.5. The standard InChI is InChI=1S/C21H20N4O3/c1-23-19(26)12-24(21(23)28)11-16-4-2-14(9-22-16)13-3-7-18-15(8-13)10-25(20(18)27)17-5-6-17/h2-4,7-9,12,17,26H,5-6,10-11H2,1H3. The molecule has 1 aliphatic heterocycles. The second-order valence-electron chi connectivity index (χ2n) is 7.53. The lowest BCUT2D eigenvalue weighted by molar-refractivity contribution is 0.0766. The minimum atomic E-state index is -0.285. The van der Waals surface area contributed by atoms with E-state index in [0.717, 1.165) is 40.8 Å². The molecule has 7 heteroatoms. The van der Waals surface area contributed by atoms with E-state index in [2.05, 4.69) is 11.1 Å². The van der Waals surface area contributed by atoms with Crippen LogP contribution in [0, 0.1) is 0 Å². The summed E-state index contributed by atoms with van der Waals surface area (Å²) >= 11 is 0. The first-order valence-corrected chi connectivity index (χ1v) is 9.35. The van der Waals surface area contributed by atoms with Gasteiger partial charge in [-0.05, 0) is 42.2 Å². The lowest BCUT2D eigenvalue weighted by atomic mass is 10.0. The number of amides is 1. The average Bonchev–Trinajstić information content (AvgIpc) is 3.46. The van der Waals surface area contributed by atoms with Gasteiger partial charge in [0.25, 0.3) is 5.91 Å².